The maximum absolute atomic E-state index is 14.4. The summed E-state index contributed by atoms with van der Waals surface area (Å²) in [5.41, 5.74) is 2.28. The van der Waals surface area contributed by atoms with Gasteiger partial charge in [0.05, 0.1) is 0 Å². The van der Waals surface area contributed by atoms with Crippen molar-refractivity contribution in [2.45, 2.75) is 136 Å². The first-order chi connectivity index (χ1) is 17.9. The van der Waals surface area contributed by atoms with E-state index in [2.05, 4.69) is 16.7 Å². The van der Waals surface area contributed by atoms with Crippen LogP contribution in [0.15, 0.2) is 18.2 Å². The first-order valence-corrected chi connectivity index (χ1v) is 14.6. The number of carbonyl (C=O) groups is 3. The molecular formula is C31H49N3O4. The topological polar surface area (TPSA) is 87.7 Å². The van der Waals surface area contributed by atoms with Gasteiger partial charge in [-0.2, -0.15) is 0 Å². The van der Waals surface area contributed by atoms with Gasteiger partial charge in [-0.15, -0.1) is 0 Å². The highest BCUT2D eigenvalue weighted by molar-refractivity contribution is 5.93. The smallest absolute Gasteiger partial charge is 0.408 e. The lowest BCUT2D eigenvalue weighted by molar-refractivity contribution is -0.148. The first-order valence-electron chi connectivity index (χ1n) is 14.6. The molecule has 3 unspecified atom stereocenters. The average Bonchev–Trinajstić information content (AvgIpc) is 2.80. The Balaban J connectivity index is 2.01. The Morgan fingerprint density at radius 3 is 2.21 bits per heavy atom. The van der Waals surface area contributed by atoms with Crippen molar-refractivity contribution in [3.8, 4) is 0 Å². The molecule has 2 saturated carbocycles. The minimum atomic E-state index is -0.786. The molecule has 0 radical (unpaired) electrons. The number of ether oxygens (including phenoxy) is 1. The second kappa shape index (κ2) is 13.0. The van der Waals surface area contributed by atoms with Gasteiger partial charge in [0.2, 0.25) is 11.8 Å². The van der Waals surface area contributed by atoms with Gasteiger partial charge in [-0.05, 0) is 83.8 Å². The number of hydrogen-bond acceptors (Lipinski definition) is 4. The zero-order chi connectivity index (χ0) is 28.0. The molecule has 3 amide bonds. The lowest BCUT2D eigenvalue weighted by Crippen LogP contribution is -2.59. The standard InChI is InChI=1S/C31H49N3O4/c1-8-21(3)26(33-30(37)38-31(5,6)7)29(36)34(24-15-12-16-24)27(25-18-17-20(2)19-22(25)4)28(35)32-23-13-10-9-11-14-23/h17-19,21,23-24,26-27H,8-16H2,1-7H3,(H,32,35)(H,33,37). The molecule has 0 saturated heterocycles. The minimum Gasteiger partial charge on any atom is -0.444 e. The van der Waals surface area contributed by atoms with Crippen LogP contribution >= 0.6 is 0 Å². The summed E-state index contributed by atoms with van der Waals surface area (Å²) in [6.45, 7) is 13.4. The fraction of sp³-hybridized carbons (Fsp3) is 0.710. The highest BCUT2D eigenvalue weighted by Gasteiger charge is 2.43. The number of aryl methyl sites for hydroxylation is 2. The summed E-state index contributed by atoms with van der Waals surface area (Å²) in [5, 5.41) is 6.18. The highest BCUT2D eigenvalue weighted by Crippen LogP contribution is 2.36. The van der Waals surface area contributed by atoms with E-state index in [1.54, 1.807) is 25.7 Å². The first kappa shape index (κ1) is 30.0. The summed E-state index contributed by atoms with van der Waals surface area (Å²) < 4.78 is 5.52. The maximum atomic E-state index is 14.4. The Hall–Kier alpha value is -2.57. The average molecular weight is 528 g/mol. The van der Waals surface area contributed by atoms with Crippen LogP contribution in [0.2, 0.25) is 0 Å². The molecule has 0 heterocycles. The molecule has 2 fully saturated rings. The Kier molecular flexibility index (Phi) is 10.2. The van der Waals surface area contributed by atoms with Crippen LogP contribution in [0.25, 0.3) is 0 Å². The minimum absolute atomic E-state index is 0.0442. The van der Waals surface area contributed by atoms with Crippen LogP contribution in [-0.2, 0) is 14.3 Å². The molecule has 2 aliphatic rings. The molecule has 1 aromatic carbocycles. The zero-order valence-corrected chi connectivity index (χ0v) is 24.6. The number of carbonyl (C=O) groups excluding carboxylic acids is 3. The lowest BCUT2D eigenvalue weighted by atomic mass is 9.85. The van der Waals surface area contributed by atoms with Crippen LogP contribution in [0.1, 0.15) is 115 Å². The molecule has 3 atom stereocenters. The molecule has 2 N–H and O–H groups in total. The number of nitrogens with zero attached hydrogens (tertiary/aromatic N) is 1. The lowest BCUT2D eigenvalue weighted by Gasteiger charge is -2.45. The van der Waals surface area contributed by atoms with E-state index in [1.165, 1.54) is 6.42 Å². The van der Waals surface area contributed by atoms with Crippen molar-refractivity contribution in [2.24, 2.45) is 5.92 Å². The third kappa shape index (κ3) is 7.73. The van der Waals surface area contributed by atoms with E-state index in [1.807, 2.05) is 39.8 Å². The van der Waals surface area contributed by atoms with Crippen LogP contribution in [0.4, 0.5) is 4.79 Å². The van der Waals surface area contributed by atoms with Crippen LogP contribution in [-0.4, -0.2) is 46.5 Å². The van der Waals surface area contributed by atoms with Gasteiger partial charge < -0.3 is 20.3 Å². The van der Waals surface area contributed by atoms with Crippen LogP contribution in [0.5, 0.6) is 0 Å². The number of amides is 3. The Morgan fingerprint density at radius 1 is 1.03 bits per heavy atom. The van der Waals surface area contributed by atoms with E-state index in [9.17, 15) is 14.4 Å². The fourth-order valence-corrected chi connectivity index (χ4v) is 5.54. The van der Waals surface area contributed by atoms with Gasteiger partial charge in [0, 0.05) is 12.1 Å². The molecule has 7 nitrogen and oxygen atoms in total. The van der Waals surface area contributed by atoms with Crippen molar-refractivity contribution in [3.05, 3.63) is 34.9 Å². The molecule has 1 aromatic rings. The van der Waals surface area contributed by atoms with Gasteiger partial charge in [0.1, 0.15) is 17.7 Å². The number of rotatable bonds is 9. The molecule has 212 valence electrons. The van der Waals surface area contributed by atoms with E-state index in [0.717, 1.165) is 61.6 Å². The normalized spacial score (nSPS) is 19.0. The van der Waals surface area contributed by atoms with E-state index < -0.39 is 23.8 Å². The molecule has 7 heteroatoms. The quantitative estimate of drug-likeness (QED) is 0.405. The summed E-state index contributed by atoms with van der Waals surface area (Å²) in [5.74, 6) is -0.457. The molecule has 0 aromatic heterocycles. The monoisotopic (exact) mass is 527 g/mol. The zero-order valence-electron chi connectivity index (χ0n) is 24.6. The third-order valence-electron chi connectivity index (χ3n) is 8.07. The van der Waals surface area contributed by atoms with E-state index in [0.29, 0.717) is 6.42 Å². The van der Waals surface area contributed by atoms with Crippen molar-refractivity contribution in [2.75, 3.05) is 0 Å². The van der Waals surface area contributed by atoms with Gasteiger partial charge in [0.15, 0.2) is 0 Å². The van der Waals surface area contributed by atoms with Crippen LogP contribution in [0, 0.1) is 19.8 Å². The van der Waals surface area contributed by atoms with E-state index >= 15 is 0 Å². The summed E-state index contributed by atoms with van der Waals surface area (Å²) in [6, 6.07) is 4.63. The second-order valence-electron chi connectivity index (χ2n) is 12.4. The molecular weight excluding hydrogens is 478 g/mol. The van der Waals surface area contributed by atoms with E-state index in [-0.39, 0.29) is 29.8 Å². The molecule has 3 rings (SSSR count). The number of alkyl carbamates (subject to hydrolysis) is 1. The van der Waals surface area contributed by atoms with Gasteiger partial charge >= 0.3 is 6.09 Å². The largest absolute Gasteiger partial charge is 0.444 e. The van der Waals surface area contributed by atoms with Crippen molar-refractivity contribution in [1.82, 2.24) is 15.5 Å². The summed E-state index contributed by atoms with van der Waals surface area (Å²) in [6.07, 6.45) is 8.18. The molecule has 0 aliphatic heterocycles. The number of hydrogen-bond donors (Lipinski definition) is 2. The fourth-order valence-electron chi connectivity index (χ4n) is 5.54. The number of nitrogens with one attached hydrogen (secondary N) is 2. The van der Waals surface area contributed by atoms with Crippen molar-refractivity contribution in [3.63, 3.8) is 0 Å². The van der Waals surface area contributed by atoms with Crippen LogP contribution < -0.4 is 10.6 Å². The molecule has 38 heavy (non-hydrogen) atoms. The van der Waals surface area contributed by atoms with Gasteiger partial charge in [-0.3, -0.25) is 9.59 Å². The third-order valence-corrected chi connectivity index (χ3v) is 8.07. The van der Waals surface area contributed by atoms with Crippen molar-refractivity contribution < 1.29 is 19.1 Å². The second-order valence-corrected chi connectivity index (χ2v) is 12.4. The van der Waals surface area contributed by atoms with Gasteiger partial charge in [0.25, 0.3) is 0 Å². The molecule has 0 bridgehead atoms. The number of benzene rings is 1. The van der Waals surface area contributed by atoms with Crippen molar-refractivity contribution in [1.29, 1.82) is 0 Å². The van der Waals surface area contributed by atoms with Crippen LogP contribution in [0.3, 0.4) is 0 Å². The van der Waals surface area contributed by atoms with Crippen molar-refractivity contribution >= 4 is 17.9 Å². The summed E-state index contributed by atoms with van der Waals surface area (Å²) in [4.78, 5) is 43.2. The van der Waals surface area contributed by atoms with Gasteiger partial charge in [-0.25, -0.2) is 4.79 Å². The van der Waals surface area contributed by atoms with Gasteiger partial charge in [-0.1, -0.05) is 63.3 Å². The van der Waals surface area contributed by atoms with E-state index in [4.69, 9.17) is 4.74 Å². The summed E-state index contributed by atoms with van der Waals surface area (Å²) in [7, 11) is 0. The Labute approximate surface area is 229 Å². The Bertz CT molecular complexity index is 976. The SMILES string of the molecule is CCC(C)C(NC(=O)OC(C)(C)C)C(=O)N(C1CCC1)C(C(=O)NC1CCCCC1)c1ccc(C)cc1C. The molecule has 2 aliphatic carbocycles. The highest BCUT2D eigenvalue weighted by atomic mass is 16.6. The predicted octanol–water partition coefficient (Wildman–Crippen LogP) is 6.11. The predicted molar refractivity (Wildman–Crippen MR) is 151 cm³/mol. The Morgan fingerprint density at radius 2 is 1.68 bits per heavy atom. The summed E-state index contributed by atoms with van der Waals surface area (Å²) >= 11 is 0. The molecule has 0 spiro atoms. The maximum Gasteiger partial charge on any atom is 0.408 e.